The second kappa shape index (κ2) is 3.65. The molecule has 0 radical (unpaired) electrons. The summed E-state index contributed by atoms with van der Waals surface area (Å²) in [6.07, 6.45) is -4.41. The molecule has 0 saturated carbocycles. The summed E-state index contributed by atoms with van der Waals surface area (Å²) in [6.45, 7) is 4.67. The van der Waals surface area contributed by atoms with Gasteiger partial charge in [0.15, 0.2) is 0 Å². The molecule has 0 amide bonds. The van der Waals surface area contributed by atoms with Crippen LogP contribution in [0.4, 0.5) is 13.2 Å². The molecule has 4 heteroatoms. The van der Waals surface area contributed by atoms with Crippen LogP contribution in [0.5, 0.6) is 0 Å². The molecule has 0 aromatic heterocycles. The largest absolute Gasteiger partial charge is 0.416 e. The fraction of sp³-hybridized carbons (Fsp3) is 0.200. The Morgan fingerprint density at radius 2 is 1.86 bits per heavy atom. The Balaban J connectivity index is 3.14. The summed E-state index contributed by atoms with van der Waals surface area (Å²) in [4.78, 5) is 0. The van der Waals surface area contributed by atoms with E-state index in [1.165, 1.54) is 12.1 Å². The zero-order valence-corrected chi connectivity index (χ0v) is 8.21. The minimum absolute atomic E-state index is 0.0162. The van der Waals surface area contributed by atoms with Gasteiger partial charge in [0.2, 0.25) is 0 Å². The number of rotatable bonds is 1. The molecule has 14 heavy (non-hydrogen) atoms. The van der Waals surface area contributed by atoms with E-state index in [1.54, 1.807) is 13.0 Å². The van der Waals surface area contributed by atoms with Crippen molar-refractivity contribution in [3.05, 3.63) is 40.9 Å². The third kappa shape index (κ3) is 2.51. The summed E-state index contributed by atoms with van der Waals surface area (Å²) < 4.78 is 36.8. The number of benzene rings is 1. The van der Waals surface area contributed by atoms with E-state index >= 15 is 0 Å². The molecule has 0 saturated heterocycles. The van der Waals surface area contributed by atoms with E-state index in [4.69, 9.17) is 11.6 Å². The number of allylic oxidation sites excluding steroid dienone is 1. The van der Waals surface area contributed by atoms with E-state index in [0.29, 0.717) is 5.56 Å². The molecule has 1 aromatic rings. The summed E-state index contributed by atoms with van der Waals surface area (Å²) in [5.41, 5.74) is -0.177. The van der Waals surface area contributed by atoms with E-state index in [2.05, 4.69) is 6.58 Å². The Bertz CT molecular complexity index is 346. The van der Waals surface area contributed by atoms with Gasteiger partial charge in [0.05, 0.1) is 5.57 Å². The lowest BCUT2D eigenvalue weighted by Crippen LogP contribution is -2.09. The van der Waals surface area contributed by atoms with Gasteiger partial charge in [-0.15, -0.1) is 0 Å². The molecular formula is C10H8ClF3. The predicted molar refractivity (Wildman–Crippen MR) is 51.3 cm³/mol. The molecule has 0 atom stereocenters. The highest BCUT2D eigenvalue weighted by Gasteiger charge is 2.32. The Labute approximate surface area is 85.0 Å². The van der Waals surface area contributed by atoms with Crippen LogP contribution in [0.3, 0.4) is 0 Å². The van der Waals surface area contributed by atoms with Crippen molar-refractivity contribution in [3.8, 4) is 0 Å². The van der Waals surface area contributed by atoms with Gasteiger partial charge in [-0.1, -0.05) is 24.2 Å². The van der Waals surface area contributed by atoms with Crippen molar-refractivity contribution < 1.29 is 13.2 Å². The average molecular weight is 221 g/mol. The average Bonchev–Trinajstić information content (AvgIpc) is 1.99. The van der Waals surface area contributed by atoms with Crippen molar-refractivity contribution in [2.75, 3.05) is 0 Å². The molecule has 0 aliphatic rings. The van der Waals surface area contributed by atoms with Crippen LogP contribution in [0.25, 0.3) is 5.57 Å². The lowest BCUT2D eigenvalue weighted by atomic mass is 10.0. The zero-order valence-electron chi connectivity index (χ0n) is 7.45. The minimum atomic E-state index is -4.41. The van der Waals surface area contributed by atoms with Crippen molar-refractivity contribution in [2.24, 2.45) is 0 Å². The molecule has 0 fully saturated rings. The second-order valence-electron chi connectivity index (χ2n) is 2.99. The number of aryl methyl sites for hydroxylation is 1. The normalized spacial score (nSPS) is 11.5. The van der Waals surface area contributed by atoms with Gasteiger partial charge in [-0.25, -0.2) is 0 Å². The highest BCUT2D eigenvalue weighted by atomic mass is 35.5. The van der Waals surface area contributed by atoms with Crippen LogP contribution in [-0.2, 0) is 0 Å². The second-order valence-corrected chi connectivity index (χ2v) is 3.43. The molecule has 0 heterocycles. The van der Waals surface area contributed by atoms with Crippen molar-refractivity contribution in [2.45, 2.75) is 13.1 Å². The standard InChI is InChI=1S/C10H8ClF3/c1-6-3-8(5-9(11)4-6)7(2)10(12,13)14/h3-5H,2H2,1H3. The van der Waals surface area contributed by atoms with Gasteiger partial charge in [0, 0.05) is 5.02 Å². The first kappa shape index (κ1) is 11.1. The molecular weight excluding hydrogens is 213 g/mol. The summed E-state index contributed by atoms with van der Waals surface area (Å²) >= 11 is 5.64. The van der Waals surface area contributed by atoms with E-state index in [-0.39, 0.29) is 10.6 Å². The molecule has 0 bridgehead atoms. The maximum atomic E-state index is 12.3. The minimum Gasteiger partial charge on any atom is -0.166 e. The van der Waals surface area contributed by atoms with Crippen LogP contribution < -0.4 is 0 Å². The summed E-state index contributed by atoms with van der Waals surface area (Å²) in [5, 5.41) is 0.283. The van der Waals surface area contributed by atoms with Crippen LogP contribution in [0, 0.1) is 6.92 Å². The van der Waals surface area contributed by atoms with Crippen molar-refractivity contribution >= 4 is 17.2 Å². The molecule has 1 aromatic carbocycles. The Morgan fingerprint density at radius 1 is 1.29 bits per heavy atom. The maximum Gasteiger partial charge on any atom is 0.416 e. The van der Waals surface area contributed by atoms with E-state index in [9.17, 15) is 13.2 Å². The van der Waals surface area contributed by atoms with Gasteiger partial charge < -0.3 is 0 Å². The van der Waals surface area contributed by atoms with Gasteiger partial charge in [0.25, 0.3) is 0 Å². The van der Waals surface area contributed by atoms with Crippen LogP contribution in [0.15, 0.2) is 24.8 Å². The third-order valence-corrected chi connectivity index (χ3v) is 1.95. The molecule has 76 valence electrons. The first-order valence-corrected chi connectivity index (χ1v) is 4.22. The quantitative estimate of drug-likeness (QED) is 0.665. The zero-order chi connectivity index (χ0) is 10.9. The summed E-state index contributed by atoms with van der Waals surface area (Å²) in [7, 11) is 0. The van der Waals surface area contributed by atoms with Crippen LogP contribution >= 0.6 is 11.6 Å². The lowest BCUT2D eigenvalue weighted by molar-refractivity contribution is -0.0686. The predicted octanol–water partition coefficient (Wildman–Crippen LogP) is 4.22. The Morgan fingerprint density at radius 3 is 2.29 bits per heavy atom. The highest BCUT2D eigenvalue weighted by Crippen LogP contribution is 2.33. The molecule has 1 rings (SSSR count). The molecule has 0 nitrogen and oxygen atoms in total. The highest BCUT2D eigenvalue weighted by molar-refractivity contribution is 6.30. The fourth-order valence-corrected chi connectivity index (χ4v) is 1.36. The third-order valence-electron chi connectivity index (χ3n) is 1.73. The molecule has 0 N–H and O–H groups in total. The molecule has 0 spiro atoms. The summed E-state index contributed by atoms with van der Waals surface area (Å²) in [5.74, 6) is 0. The monoisotopic (exact) mass is 220 g/mol. The van der Waals surface area contributed by atoms with E-state index in [1.807, 2.05) is 0 Å². The Kier molecular flexibility index (Phi) is 2.90. The van der Waals surface area contributed by atoms with Gasteiger partial charge in [-0.05, 0) is 30.2 Å². The number of hydrogen-bond acceptors (Lipinski definition) is 0. The fourth-order valence-electron chi connectivity index (χ4n) is 1.07. The molecule has 0 aliphatic carbocycles. The van der Waals surface area contributed by atoms with Crippen molar-refractivity contribution in [3.63, 3.8) is 0 Å². The summed E-state index contributed by atoms with van der Waals surface area (Å²) in [6, 6.07) is 4.25. The van der Waals surface area contributed by atoms with E-state index in [0.717, 1.165) is 0 Å². The number of hydrogen-bond donors (Lipinski definition) is 0. The number of alkyl halides is 3. The lowest BCUT2D eigenvalue weighted by Gasteiger charge is -2.10. The van der Waals surface area contributed by atoms with E-state index < -0.39 is 11.7 Å². The van der Waals surface area contributed by atoms with Crippen LogP contribution in [0.1, 0.15) is 11.1 Å². The SMILES string of the molecule is C=C(c1cc(C)cc(Cl)c1)C(F)(F)F. The van der Waals surface area contributed by atoms with Gasteiger partial charge in [-0.3, -0.25) is 0 Å². The van der Waals surface area contributed by atoms with Crippen molar-refractivity contribution in [1.82, 2.24) is 0 Å². The first-order chi connectivity index (χ1) is 6.30. The maximum absolute atomic E-state index is 12.3. The molecule has 0 aliphatic heterocycles. The van der Waals surface area contributed by atoms with Gasteiger partial charge >= 0.3 is 6.18 Å². The van der Waals surface area contributed by atoms with Gasteiger partial charge in [0.1, 0.15) is 0 Å². The smallest absolute Gasteiger partial charge is 0.166 e. The van der Waals surface area contributed by atoms with Crippen molar-refractivity contribution in [1.29, 1.82) is 0 Å². The number of halogens is 4. The van der Waals surface area contributed by atoms with Crippen LogP contribution in [0.2, 0.25) is 5.02 Å². The molecule has 0 unspecified atom stereocenters. The first-order valence-electron chi connectivity index (χ1n) is 3.84. The van der Waals surface area contributed by atoms with Gasteiger partial charge in [-0.2, -0.15) is 13.2 Å². The topological polar surface area (TPSA) is 0 Å². The Hall–Kier alpha value is -0.960. The van der Waals surface area contributed by atoms with Crippen LogP contribution in [-0.4, -0.2) is 6.18 Å².